The maximum absolute atomic E-state index is 12.9. The number of aromatic nitrogens is 1. The van der Waals surface area contributed by atoms with Gasteiger partial charge >= 0.3 is 0 Å². The highest BCUT2D eigenvalue weighted by atomic mass is 35.5. The minimum Gasteiger partial charge on any atom is -0.366 e. The van der Waals surface area contributed by atoms with Crippen LogP contribution in [0.3, 0.4) is 0 Å². The number of anilines is 3. The van der Waals surface area contributed by atoms with Crippen LogP contribution in [0.2, 0.25) is 5.02 Å². The summed E-state index contributed by atoms with van der Waals surface area (Å²) in [6.45, 7) is 6.41. The summed E-state index contributed by atoms with van der Waals surface area (Å²) in [4.78, 5) is 30.4. The third-order valence-electron chi connectivity index (χ3n) is 5.27. The first-order valence-electron chi connectivity index (χ1n) is 10.3. The molecule has 0 radical (unpaired) electrons. The summed E-state index contributed by atoms with van der Waals surface area (Å²) in [5, 5.41) is 3.35. The van der Waals surface area contributed by atoms with E-state index >= 15 is 0 Å². The van der Waals surface area contributed by atoms with E-state index in [4.69, 9.17) is 28.9 Å². The average Bonchev–Trinajstić information content (AvgIpc) is 2.78. The molecule has 6 nitrogen and oxygen atoms in total. The molecule has 3 N–H and O–H groups in total. The lowest BCUT2D eigenvalue weighted by Crippen LogP contribution is -2.18. The van der Waals surface area contributed by atoms with Crippen LogP contribution in [0.15, 0.2) is 54.7 Å². The van der Waals surface area contributed by atoms with Crippen molar-refractivity contribution < 1.29 is 9.59 Å². The second-order valence-electron chi connectivity index (χ2n) is 8.71. The minimum absolute atomic E-state index is 0.0315. The first-order valence-corrected chi connectivity index (χ1v) is 11.2. The molecule has 0 saturated heterocycles. The minimum atomic E-state index is -0.588. The van der Waals surface area contributed by atoms with E-state index in [9.17, 15) is 9.59 Å². The Hall–Kier alpha value is -3.09. The lowest BCUT2D eigenvalue weighted by Gasteiger charge is -2.23. The van der Waals surface area contributed by atoms with Crippen molar-refractivity contribution in [2.45, 2.75) is 32.1 Å². The van der Waals surface area contributed by atoms with Gasteiger partial charge in [0.2, 0.25) is 5.91 Å². The predicted octanol–water partition coefficient (Wildman–Crippen LogP) is 5.89. The number of alkyl halides is 1. The molecule has 1 heterocycles. The van der Waals surface area contributed by atoms with Gasteiger partial charge in [-0.2, -0.15) is 0 Å². The molecule has 172 valence electrons. The molecule has 0 unspecified atom stereocenters. The molecule has 0 atom stereocenters. The molecule has 33 heavy (non-hydrogen) atoms. The summed E-state index contributed by atoms with van der Waals surface area (Å²) in [6, 6.07) is 14.4. The van der Waals surface area contributed by atoms with Crippen LogP contribution in [-0.2, 0) is 11.3 Å². The number of rotatable bonds is 6. The molecule has 2 aromatic carbocycles. The summed E-state index contributed by atoms with van der Waals surface area (Å²) >= 11 is 12.5. The zero-order valence-electron chi connectivity index (χ0n) is 18.9. The largest absolute Gasteiger partial charge is 0.366 e. The van der Waals surface area contributed by atoms with Gasteiger partial charge < -0.3 is 16.0 Å². The molecule has 3 rings (SSSR count). The zero-order valence-corrected chi connectivity index (χ0v) is 20.5. The maximum Gasteiger partial charge on any atom is 0.255 e. The second-order valence-corrected chi connectivity index (χ2v) is 9.39. The Morgan fingerprint density at radius 2 is 1.73 bits per heavy atom. The number of hydrogen-bond donors (Lipinski definition) is 2. The van der Waals surface area contributed by atoms with Gasteiger partial charge in [0.05, 0.1) is 22.2 Å². The van der Waals surface area contributed by atoms with Crippen LogP contribution in [-0.4, -0.2) is 23.8 Å². The van der Waals surface area contributed by atoms with E-state index in [0.717, 1.165) is 0 Å². The number of benzene rings is 2. The number of carbonyl (C=O) groups is 2. The third kappa shape index (κ3) is 5.64. The van der Waals surface area contributed by atoms with Crippen LogP contribution >= 0.6 is 23.2 Å². The third-order valence-corrected chi connectivity index (χ3v) is 5.88. The van der Waals surface area contributed by atoms with Crippen molar-refractivity contribution in [1.82, 2.24) is 4.98 Å². The standard InChI is InChI=1S/C25H26Cl2N4O2/c1-25(2,3)18-6-8-19(9-7-18)30-24(33)15-5-10-20(27)21(12-15)31(4)23-16(13-26)11-17(14-29-23)22(28)32/h5-12,14H,13H2,1-4H3,(H2,28,32)(H,30,33). The molecule has 2 amide bonds. The van der Waals surface area contributed by atoms with Crippen molar-refractivity contribution in [1.29, 1.82) is 0 Å². The van der Waals surface area contributed by atoms with E-state index in [0.29, 0.717) is 33.3 Å². The van der Waals surface area contributed by atoms with E-state index in [1.165, 1.54) is 11.8 Å². The Labute approximate surface area is 203 Å². The van der Waals surface area contributed by atoms with Crippen LogP contribution in [0.5, 0.6) is 0 Å². The fraction of sp³-hybridized carbons (Fsp3) is 0.240. The fourth-order valence-electron chi connectivity index (χ4n) is 3.32. The lowest BCUT2D eigenvalue weighted by molar-refractivity contribution is 0.0997. The molecule has 0 saturated carbocycles. The van der Waals surface area contributed by atoms with Gasteiger partial charge in [-0.1, -0.05) is 44.5 Å². The Balaban J connectivity index is 1.87. The number of hydrogen-bond acceptors (Lipinski definition) is 4. The van der Waals surface area contributed by atoms with Crippen LogP contribution in [0.25, 0.3) is 0 Å². The molecule has 0 aliphatic carbocycles. The van der Waals surface area contributed by atoms with Gasteiger partial charge in [0.15, 0.2) is 0 Å². The fourth-order valence-corrected chi connectivity index (χ4v) is 3.76. The normalized spacial score (nSPS) is 11.2. The highest BCUT2D eigenvalue weighted by Gasteiger charge is 2.18. The van der Waals surface area contributed by atoms with E-state index < -0.39 is 5.91 Å². The lowest BCUT2D eigenvalue weighted by atomic mass is 9.87. The monoisotopic (exact) mass is 484 g/mol. The van der Waals surface area contributed by atoms with Crippen molar-refractivity contribution in [3.8, 4) is 0 Å². The van der Waals surface area contributed by atoms with Crippen molar-refractivity contribution in [2.75, 3.05) is 17.3 Å². The predicted molar refractivity (Wildman–Crippen MR) is 135 cm³/mol. The van der Waals surface area contributed by atoms with Crippen LogP contribution in [0.4, 0.5) is 17.2 Å². The van der Waals surface area contributed by atoms with E-state index in [2.05, 4.69) is 31.1 Å². The smallest absolute Gasteiger partial charge is 0.255 e. The van der Waals surface area contributed by atoms with Crippen LogP contribution in [0, 0.1) is 0 Å². The number of carbonyl (C=O) groups excluding carboxylic acids is 2. The molecular weight excluding hydrogens is 459 g/mol. The maximum atomic E-state index is 12.9. The number of primary amides is 1. The Bertz CT molecular complexity index is 1190. The molecule has 0 fully saturated rings. The van der Waals surface area contributed by atoms with Crippen molar-refractivity contribution in [2.24, 2.45) is 5.73 Å². The van der Waals surface area contributed by atoms with Gasteiger partial charge in [0.25, 0.3) is 5.91 Å². The quantitative estimate of drug-likeness (QED) is 0.426. The molecule has 0 bridgehead atoms. The van der Waals surface area contributed by atoms with E-state index in [-0.39, 0.29) is 22.8 Å². The second kappa shape index (κ2) is 9.81. The summed E-state index contributed by atoms with van der Waals surface area (Å²) in [5.41, 5.74) is 9.13. The molecule has 0 spiro atoms. The molecule has 8 heteroatoms. The number of nitrogens with zero attached hydrogens (tertiary/aromatic N) is 2. The van der Waals surface area contributed by atoms with Crippen LogP contribution < -0.4 is 16.0 Å². The van der Waals surface area contributed by atoms with Crippen LogP contribution in [0.1, 0.15) is 52.6 Å². The van der Waals surface area contributed by atoms with Gasteiger partial charge in [0.1, 0.15) is 5.82 Å². The first kappa shape index (κ1) is 24.6. The molecular formula is C25H26Cl2N4O2. The SMILES string of the molecule is CN(c1cc(C(=O)Nc2ccc(C(C)(C)C)cc2)ccc1Cl)c1ncc(C(N)=O)cc1CCl. The van der Waals surface area contributed by atoms with Gasteiger partial charge in [-0.15, -0.1) is 11.6 Å². The molecule has 1 aromatic heterocycles. The number of pyridine rings is 1. The highest BCUT2D eigenvalue weighted by molar-refractivity contribution is 6.33. The van der Waals surface area contributed by atoms with E-state index in [1.54, 1.807) is 36.2 Å². The van der Waals surface area contributed by atoms with Gasteiger partial charge in [-0.05, 0) is 47.4 Å². The van der Waals surface area contributed by atoms with Gasteiger partial charge in [-0.25, -0.2) is 4.98 Å². The number of nitrogens with two attached hydrogens (primary N) is 1. The Morgan fingerprint density at radius 3 is 2.30 bits per heavy atom. The summed E-state index contributed by atoms with van der Waals surface area (Å²) in [7, 11) is 1.76. The summed E-state index contributed by atoms with van der Waals surface area (Å²) in [6.07, 6.45) is 1.38. The summed E-state index contributed by atoms with van der Waals surface area (Å²) in [5.74, 6) is -0.224. The molecule has 0 aliphatic rings. The number of nitrogens with one attached hydrogen (secondary N) is 1. The summed E-state index contributed by atoms with van der Waals surface area (Å²) < 4.78 is 0. The first-order chi connectivity index (χ1) is 15.5. The zero-order chi connectivity index (χ0) is 24.3. The molecule has 3 aromatic rings. The van der Waals surface area contributed by atoms with Gasteiger partial charge in [-0.3, -0.25) is 9.59 Å². The topological polar surface area (TPSA) is 88.3 Å². The van der Waals surface area contributed by atoms with Gasteiger partial charge in [0, 0.05) is 30.1 Å². The van der Waals surface area contributed by atoms with E-state index in [1.807, 2.05) is 24.3 Å². The Morgan fingerprint density at radius 1 is 1.06 bits per heavy atom. The number of halogens is 2. The average molecular weight is 485 g/mol. The van der Waals surface area contributed by atoms with Crippen molar-refractivity contribution >= 4 is 52.2 Å². The van der Waals surface area contributed by atoms with Crippen molar-refractivity contribution in [3.05, 3.63) is 82.0 Å². The number of amides is 2. The molecule has 0 aliphatic heterocycles. The van der Waals surface area contributed by atoms with Crippen molar-refractivity contribution in [3.63, 3.8) is 0 Å². The Kier molecular flexibility index (Phi) is 7.30. The highest BCUT2D eigenvalue weighted by Crippen LogP contribution is 2.33.